The van der Waals surface area contributed by atoms with Crippen molar-refractivity contribution in [2.24, 2.45) is 0 Å². The van der Waals surface area contributed by atoms with Crippen LogP contribution in [0.15, 0.2) is 102 Å². The molecular weight excluding hydrogens is 582 g/mol. The fraction of sp³-hybridized carbons (Fsp3) is 0.212. The van der Waals surface area contributed by atoms with Gasteiger partial charge in [0.25, 0.3) is 15.9 Å². The Morgan fingerprint density at radius 3 is 2.20 bits per heavy atom. The Labute approximate surface area is 257 Å². The molecule has 44 heavy (non-hydrogen) atoms. The molecule has 0 fully saturated rings. The molecule has 0 unspecified atom stereocenters. The maximum absolute atomic E-state index is 13.8. The number of hydrogen-bond donors (Lipinski definition) is 2. The van der Waals surface area contributed by atoms with Gasteiger partial charge >= 0.3 is 0 Å². The van der Waals surface area contributed by atoms with E-state index in [2.05, 4.69) is 10.6 Å². The maximum atomic E-state index is 13.8. The summed E-state index contributed by atoms with van der Waals surface area (Å²) < 4.78 is 44.9. The lowest BCUT2D eigenvalue weighted by atomic mass is 10.1. The summed E-state index contributed by atoms with van der Waals surface area (Å²) in [7, 11) is -1.04. The molecule has 4 aromatic rings. The van der Waals surface area contributed by atoms with Crippen LogP contribution in [0.3, 0.4) is 0 Å². The zero-order valence-corrected chi connectivity index (χ0v) is 25.6. The number of carbonyl (C=O) groups is 2. The van der Waals surface area contributed by atoms with Crippen molar-refractivity contribution in [1.29, 1.82) is 0 Å². The molecule has 2 N–H and O–H groups in total. The number of ether oxygens (including phenoxy) is 3. The number of nitrogens with zero attached hydrogens (tertiary/aromatic N) is 1. The molecule has 0 bridgehead atoms. The number of benzene rings is 4. The first-order valence-electron chi connectivity index (χ1n) is 14.0. The number of amides is 2. The van der Waals surface area contributed by atoms with E-state index in [1.165, 1.54) is 12.1 Å². The summed E-state index contributed by atoms with van der Waals surface area (Å²) in [5.74, 6) is 0.493. The van der Waals surface area contributed by atoms with E-state index in [0.29, 0.717) is 36.8 Å². The number of carbonyl (C=O) groups excluding carboxylic acids is 2. The zero-order valence-electron chi connectivity index (χ0n) is 24.8. The molecule has 230 valence electrons. The lowest BCUT2D eigenvalue weighted by molar-refractivity contribution is -0.114. The van der Waals surface area contributed by atoms with E-state index in [4.69, 9.17) is 14.2 Å². The predicted octanol–water partition coefficient (Wildman–Crippen LogP) is 4.91. The number of rotatable bonds is 14. The SMILES string of the molecule is CCOc1ccccc1N(CC(=O)Nc1ccccc1C(=O)NCCc1ccc(OC)c(OC)c1)S(=O)(=O)c1ccccc1. The largest absolute Gasteiger partial charge is 0.493 e. The number of anilines is 2. The molecule has 0 aliphatic carbocycles. The predicted molar refractivity (Wildman–Crippen MR) is 169 cm³/mol. The topological polar surface area (TPSA) is 123 Å². The average molecular weight is 618 g/mol. The normalized spacial score (nSPS) is 10.9. The van der Waals surface area contributed by atoms with Crippen LogP contribution >= 0.6 is 0 Å². The van der Waals surface area contributed by atoms with Gasteiger partial charge in [0.15, 0.2) is 11.5 Å². The molecule has 4 aromatic carbocycles. The lowest BCUT2D eigenvalue weighted by Crippen LogP contribution is -2.38. The van der Waals surface area contributed by atoms with E-state index < -0.39 is 28.4 Å². The second kappa shape index (κ2) is 14.9. The van der Waals surface area contributed by atoms with Gasteiger partial charge in [-0.3, -0.25) is 13.9 Å². The number of methoxy groups -OCH3 is 2. The van der Waals surface area contributed by atoms with Crippen LogP contribution in [0, 0.1) is 0 Å². The molecule has 0 saturated heterocycles. The minimum absolute atomic E-state index is 0.0216. The standard InChI is InChI=1S/C33H35N3O7S/c1-4-43-29-17-11-10-16-28(29)36(44(39,40)25-12-6-5-7-13-25)23-32(37)35-27-15-9-8-14-26(27)33(38)34-21-20-24-18-19-30(41-2)31(22-24)42-3/h5-19,22H,4,20-21,23H2,1-3H3,(H,34,38)(H,35,37). The van der Waals surface area contributed by atoms with Gasteiger partial charge in [-0.05, 0) is 67.4 Å². The molecule has 0 atom stereocenters. The summed E-state index contributed by atoms with van der Waals surface area (Å²) >= 11 is 0. The second-order valence-corrected chi connectivity index (χ2v) is 11.4. The van der Waals surface area contributed by atoms with Gasteiger partial charge in [0.2, 0.25) is 5.91 Å². The summed E-state index contributed by atoms with van der Waals surface area (Å²) in [6.45, 7) is 1.86. The molecule has 0 aliphatic rings. The Bertz CT molecular complexity index is 1690. The molecule has 0 aliphatic heterocycles. The highest BCUT2D eigenvalue weighted by molar-refractivity contribution is 7.92. The Balaban J connectivity index is 1.51. The molecule has 0 saturated carbocycles. The third-order valence-electron chi connectivity index (χ3n) is 6.65. The van der Waals surface area contributed by atoms with Gasteiger partial charge in [-0.15, -0.1) is 0 Å². The van der Waals surface area contributed by atoms with Crippen molar-refractivity contribution in [2.45, 2.75) is 18.2 Å². The maximum Gasteiger partial charge on any atom is 0.264 e. The first-order valence-corrected chi connectivity index (χ1v) is 15.4. The molecule has 0 spiro atoms. The van der Waals surface area contributed by atoms with Crippen molar-refractivity contribution in [3.05, 3.63) is 108 Å². The molecular formula is C33H35N3O7S. The van der Waals surface area contributed by atoms with E-state index in [9.17, 15) is 18.0 Å². The van der Waals surface area contributed by atoms with E-state index in [1.54, 1.807) is 93.9 Å². The van der Waals surface area contributed by atoms with Gasteiger partial charge in [-0.2, -0.15) is 0 Å². The molecule has 0 heterocycles. The van der Waals surface area contributed by atoms with E-state index >= 15 is 0 Å². The van der Waals surface area contributed by atoms with Gasteiger partial charge in [-0.1, -0.05) is 48.5 Å². The molecule has 10 nitrogen and oxygen atoms in total. The van der Waals surface area contributed by atoms with Crippen LogP contribution in [0.25, 0.3) is 0 Å². The summed E-state index contributed by atoms with van der Waals surface area (Å²) in [5.41, 5.74) is 1.64. The van der Waals surface area contributed by atoms with Crippen LogP contribution in [-0.4, -0.2) is 54.1 Å². The molecule has 2 amide bonds. The van der Waals surface area contributed by atoms with Crippen LogP contribution in [0.2, 0.25) is 0 Å². The molecule has 4 rings (SSSR count). The Morgan fingerprint density at radius 1 is 0.795 bits per heavy atom. The van der Waals surface area contributed by atoms with Crippen LogP contribution in [0.4, 0.5) is 11.4 Å². The Hall–Kier alpha value is -5.03. The third-order valence-corrected chi connectivity index (χ3v) is 8.42. The average Bonchev–Trinajstić information content (AvgIpc) is 3.04. The first kappa shape index (κ1) is 31.9. The van der Waals surface area contributed by atoms with Crippen molar-refractivity contribution in [3.8, 4) is 17.2 Å². The van der Waals surface area contributed by atoms with Gasteiger partial charge in [0.05, 0.1) is 42.7 Å². The zero-order chi connectivity index (χ0) is 31.5. The van der Waals surface area contributed by atoms with Crippen LogP contribution in [0.5, 0.6) is 17.2 Å². The lowest BCUT2D eigenvalue weighted by Gasteiger charge is -2.26. The Morgan fingerprint density at radius 2 is 1.48 bits per heavy atom. The quantitative estimate of drug-likeness (QED) is 0.206. The fourth-order valence-electron chi connectivity index (χ4n) is 4.52. The van der Waals surface area contributed by atoms with Crippen LogP contribution < -0.4 is 29.1 Å². The number of nitrogens with one attached hydrogen (secondary N) is 2. The van der Waals surface area contributed by atoms with Crippen molar-refractivity contribution in [2.75, 3.05) is 43.5 Å². The van der Waals surface area contributed by atoms with E-state index in [0.717, 1.165) is 9.87 Å². The number of sulfonamides is 1. The number of para-hydroxylation sites is 3. The highest BCUT2D eigenvalue weighted by atomic mass is 32.2. The van der Waals surface area contributed by atoms with E-state index in [1.807, 2.05) is 12.1 Å². The summed E-state index contributed by atoms with van der Waals surface area (Å²) in [6, 6.07) is 26.6. The smallest absolute Gasteiger partial charge is 0.264 e. The van der Waals surface area contributed by atoms with Gasteiger partial charge in [0.1, 0.15) is 12.3 Å². The first-order chi connectivity index (χ1) is 21.3. The van der Waals surface area contributed by atoms with Crippen molar-refractivity contribution < 1.29 is 32.2 Å². The second-order valence-electron chi connectivity index (χ2n) is 9.51. The molecule has 0 radical (unpaired) electrons. The minimum atomic E-state index is -4.16. The van der Waals surface area contributed by atoms with Gasteiger partial charge in [0, 0.05) is 6.54 Å². The van der Waals surface area contributed by atoms with Crippen LogP contribution in [0.1, 0.15) is 22.8 Å². The summed E-state index contributed by atoms with van der Waals surface area (Å²) in [6.07, 6.45) is 0.534. The minimum Gasteiger partial charge on any atom is -0.493 e. The third kappa shape index (κ3) is 7.67. The van der Waals surface area contributed by atoms with E-state index in [-0.39, 0.29) is 21.8 Å². The highest BCUT2D eigenvalue weighted by Crippen LogP contribution is 2.33. The van der Waals surface area contributed by atoms with Gasteiger partial charge in [-0.25, -0.2) is 8.42 Å². The number of hydrogen-bond acceptors (Lipinski definition) is 7. The highest BCUT2D eigenvalue weighted by Gasteiger charge is 2.29. The van der Waals surface area contributed by atoms with Crippen molar-refractivity contribution >= 4 is 33.2 Å². The summed E-state index contributed by atoms with van der Waals surface area (Å²) in [5, 5.41) is 5.60. The summed E-state index contributed by atoms with van der Waals surface area (Å²) in [4.78, 5) is 26.6. The van der Waals surface area contributed by atoms with Crippen LogP contribution in [-0.2, 0) is 21.2 Å². The van der Waals surface area contributed by atoms with Crippen molar-refractivity contribution in [1.82, 2.24) is 5.32 Å². The van der Waals surface area contributed by atoms with Crippen molar-refractivity contribution in [3.63, 3.8) is 0 Å². The monoisotopic (exact) mass is 617 g/mol. The molecule has 0 aromatic heterocycles. The van der Waals surface area contributed by atoms with Gasteiger partial charge < -0.3 is 24.8 Å². The molecule has 11 heteroatoms. The fourth-order valence-corrected chi connectivity index (χ4v) is 5.97. The Kier molecular flexibility index (Phi) is 10.8.